The second-order valence-electron chi connectivity index (χ2n) is 6.16. The second-order valence-corrected chi connectivity index (χ2v) is 6.16. The smallest absolute Gasteiger partial charge is 0.261 e. The van der Waals surface area contributed by atoms with Gasteiger partial charge in [0, 0.05) is 25.3 Å². The minimum atomic E-state index is -0.381. The first-order valence-electron chi connectivity index (χ1n) is 8.18. The molecule has 3 heterocycles. The van der Waals surface area contributed by atoms with Gasteiger partial charge in [-0.2, -0.15) is 0 Å². The van der Waals surface area contributed by atoms with Gasteiger partial charge in [-0.25, -0.2) is 4.98 Å². The van der Waals surface area contributed by atoms with Gasteiger partial charge in [0.15, 0.2) is 0 Å². The molecule has 23 heavy (non-hydrogen) atoms. The van der Waals surface area contributed by atoms with E-state index in [1.54, 1.807) is 22.8 Å². The SMILES string of the molecule is O=C(Nc1ccc2nc3n(c(=O)c2c1)CCCC3)[C@H]1CCCO1. The Labute approximate surface area is 133 Å². The van der Waals surface area contributed by atoms with Crippen LogP contribution in [0.15, 0.2) is 23.0 Å². The van der Waals surface area contributed by atoms with E-state index in [1.807, 2.05) is 0 Å². The quantitative estimate of drug-likeness (QED) is 0.918. The van der Waals surface area contributed by atoms with Gasteiger partial charge in [-0.15, -0.1) is 0 Å². The fraction of sp³-hybridized carbons (Fsp3) is 0.471. The molecule has 0 radical (unpaired) electrons. The van der Waals surface area contributed by atoms with Crippen LogP contribution in [0, 0.1) is 0 Å². The number of nitrogens with one attached hydrogen (secondary N) is 1. The van der Waals surface area contributed by atoms with E-state index in [2.05, 4.69) is 10.3 Å². The highest BCUT2D eigenvalue weighted by atomic mass is 16.5. The van der Waals surface area contributed by atoms with Crippen LogP contribution in [0.4, 0.5) is 5.69 Å². The van der Waals surface area contributed by atoms with E-state index in [4.69, 9.17) is 4.74 Å². The third-order valence-electron chi connectivity index (χ3n) is 4.55. The molecule has 2 aliphatic heterocycles. The van der Waals surface area contributed by atoms with Gasteiger partial charge in [0.05, 0.1) is 10.9 Å². The van der Waals surface area contributed by atoms with Crippen molar-refractivity contribution in [2.24, 2.45) is 0 Å². The average molecular weight is 313 g/mol. The second kappa shape index (κ2) is 5.77. The van der Waals surface area contributed by atoms with Crippen LogP contribution in [-0.2, 0) is 22.5 Å². The van der Waals surface area contributed by atoms with Crippen LogP contribution in [0.2, 0.25) is 0 Å². The monoisotopic (exact) mass is 313 g/mol. The topological polar surface area (TPSA) is 73.2 Å². The summed E-state index contributed by atoms with van der Waals surface area (Å²) in [5, 5.41) is 3.40. The summed E-state index contributed by atoms with van der Waals surface area (Å²) in [4.78, 5) is 29.4. The molecule has 4 rings (SSSR count). The summed E-state index contributed by atoms with van der Waals surface area (Å²) in [5.41, 5.74) is 1.30. The third kappa shape index (κ3) is 2.63. The summed E-state index contributed by atoms with van der Waals surface area (Å²) in [6.07, 6.45) is 4.21. The minimum absolute atomic E-state index is 0.0158. The summed E-state index contributed by atoms with van der Waals surface area (Å²) in [6.45, 7) is 1.36. The zero-order chi connectivity index (χ0) is 15.8. The molecule has 120 valence electrons. The Hall–Kier alpha value is -2.21. The van der Waals surface area contributed by atoms with E-state index >= 15 is 0 Å². The lowest BCUT2D eigenvalue weighted by Crippen LogP contribution is -2.29. The summed E-state index contributed by atoms with van der Waals surface area (Å²) < 4.78 is 7.14. The number of anilines is 1. The van der Waals surface area contributed by atoms with E-state index in [0.717, 1.165) is 44.5 Å². The number of ether oxygens (including phenoxy) is 1. The molecule has 0 aliphatic carbocycles. The van der Waals surface area contributed by atoms with Crippen molar-refractivity contribution in [2.45, 2.75) is 44.8 Å². The van der Waals surface area contributed by atoms with Crippen molar-refractivity contribution in [1.29, 1.82) is 0 Å². The maximum atomic E-state index is 12.7. The molecule has 0 spiro atoms. The van der Waals surface area contributed by atoms with Crippen molar-refractivity contribution in [1.82, 2.24) is 9.55 Å². The largest absolute Gasteiger partial charge is 0.368 e. The first-order chi connectivity index (χ1) is 11.2. The number of fused-ring (bicyclic) bond motifs is 2. The number of aryl methyl sites for hydroxylation is 1. The molecular formula is C17H19N3O3. The van der Waals surface area contributed by atoms with Gasteiger partial charge in [0.1, 0.15) is 11.9 Å². The van der Waals surface area contributed by atoms with Crippen molar-refractivity contribution in [3.05, 3.63) is 34.4 Å². The number of carbonyl (C=O) groups is 1. The predicted molar refractivity (Wildman–Crippen MR) is 86.5 cm³/mol. The molecule has 1 aromatic heterocycles. The van der Waals surface area contributed by atoms with Crippen LogP contribution in [-0.4, -0.2) is 28.2 Å². The zero-order valence-electron chi connectivity index (χ0n) is 12.9. The van der Waals surface area contributed by atoms with E-state index in [9.17, 15) is 9.59 Å². The number of amides is 1. The average Bonchev–Trinajstić information content (AvgIpc) is 3.10. The first-order valence-corrected chi connectivity index (χ1v) is 8.18. The van der Waals surface area contributed by atoms with Crippen LogP contribution in [0.1, 0.15) is 31.5 Å². The third-order valence-corrected chi connectivity index (χ3v) is 4.55. The van der Waals surface area contributed by atoms with Crippen LogP contribution >= 0.6 is 0 Å². The number of hydrogen-bond donors (Lipinski definition) is 1. The Bertz CT molecular complexity index is 822. The van der Waals surface area contributed by atoms with E-state index in [1.165, 1.54) is 0 Å². The maximum absolute atomic E-state index is 12.7. The zero-order valence-corrected chi connectivity index (χ0v) is 12.9. The molecular weight excluding hydrogens is 294 g/mol. The molecule has 6 nitrogen and oxygen atoms in total. The van der Waals surface area contributed by atoms with Crippen molar-refractivity contribution >= 4 is 22.5 Å². The normalized spacial score (nSPS) is 20.4. The summed E-state index contributed by atoms with van der Waals surface area (Å²) in [7, 11) is 0. The van der Waals surface area contributed by atoms with Gasteiger partial charge < -0.3 is 10.1 Å². The maximum Gasteiger partial charge on any atom is 0.261 e. The molecule has 1 saturated heterocycles. The number of nitrogens with zero attached hydrogens (tertiary/aromatic N) is 2. The molecule has 0 bridgehead atoms. The van der Waals surface area contributed by atoms with Gasteiger partial charge in [-0.05, 0) is 43.9 Å². The van der Waals surface area contributed by atoms with Crippen LogP contribution in [0.25, 0.3) is 10.9 Å². The van der Waals surface area contributed by atoms with E-state index in [0.29, 0.717) is 23.2 Å². The Morgan fingerprint density at radius 1 is 1.30 bits per heavy atom. The van der Waals surface area contributed by atoms with Crippen molar-refractivity contribution in [3.63, 3.8) is 0 Å². The highest BCUT2D eigenvalue weighted by Gasteiger charge is 2.23. The fourth-order valence-electron chi connectivity index (χ4n) is 3.33. The molecule has 1 aromatic carbocycles. The summed E-state index contributed by atoms with van der Waals surface area (Å²) >= 11 is 0. The Balaban J connectivity index is 1.68. The highest BCUT2D eigenvalue weighted by Crippen LogP contribution is 2.20. The summed E-state index contributed by atoms with van der Waals surface area (Å²) in [6, 6.07) is 5.32. The number of benzene rings is 1. The molecule has 2 aliphatic rings. The van der Waals surface area contributed by atoms with Gasteiger partial charge in [-0.3, -0.25) is 14.2 Å². The number of carbonyl (C=O) groups excluding carboxylic acids is 1. The lowest BCUT2D eigenvalue weighted by Gasteiger charge is -2.18. The van der Waals surface area contributed by atoms with Crippen molar-refractivity contribution in [3.8, 4) is 0 Å². The van der Waals surface area contributed by atoms with Crippen molar-refractivity contribution in [2.75, 3.05) is 11.9 Å². The molecule has 1 N–H and O–H groups in total. The standard InChI is InChI=1S/C17H19N3O3/c21-16(14-4-3-9-23-14)18-11-6-7-13-12(10-11)17(22)20-8-2-1-5-15(20)19-13/h6-7,10,14H,1-5,8-9H2,(H,18,21)/t14-/m1/s1. The van der Waals surface area contributed by atoms with Crippen LogP contribution < -0.4 is 10.9 Å². The lowest BCUT2D eigenvalue weighted by molar-refractivity contribution is -0.124. The Morgan fingerprint density at radius 2 is 2.22 bits per heavy atom. The number of rotatable bonds is 2. The van der Waals surface area contributed by atoms with E-state index in [-0.39, 0.29) is 17.6 Å². The van der Waals surface area contributed by atoms with Gasteiger partial charge in [0.25, 0.3) is 11.5 Å². The van der Waals surface area contributed by atoms with Crippen LogP contribution in [0.5, 0.6) is 0 Å². The molecule has 0 unspecified atom stereocenters. The van der Waals surface area contributed by atoms with Gasteiger partial charge in [0.2, 0.25) is 0 Å². The van der Waals surface area contributed by atoms with Gasteiger partial charge >= 0.3 is 0 Å². The fourth-order valence-corrected chi connectivity index (χ4v) is 3.33. The van der Waals surface area contributed by atoms with Crippen LogP contribution in [0.3, 0.4) is 0 Å². The highest BCUT2D eigenvalue weighted by molar-refractivity contribution is 5.96. The molecule has 2 aromatic rings. The lowest BCUT2D eigenvalue weighted by atomic mass is 10.1. The molecule has 6 heteroatoms. The number of hydrogen-bond acceptors (Lipinski definition) is 4. The first kappa shape index (κ1) is 14.4. The molecule has 0 saturated carbocycles. The minimum Gasteiger partial charge on any atom is -0.368 e. The molecule has 1 amide bonds. The molecule has 1 fully saturated rings. The number of aromatic nitrogens is 2. The Morgan fingerprint density at radius 3 is 3.04 bits per heavy atom. The van der Waals surface area contributed by atoms with Gasteiger partial charge in [-0.1, -0.05) is 0 Å². The molecule has 1 atom stereocenters. The summed E-state index contributed by atoms with van der Waals surface area (Å²) in [5.74, 6) is 0.720. The van der Waals surface area contributed by atoms with E-state index < -0.39 is 0 Å². The van der Waals surface area contributed by atoms with Crippen molar-refractivity contribution < 1.29 is 9.53 Å². The predicted octanol–water partition coefficient (Wildman–Crippen LogP) is 1.85. The Kier molecular flexibility index (Phi) is 3.61.